The first-order valence-corrected chi connectivity index (χ1v) is 8.71. The zero-order chi connectivity index (χ0) is 17.5. The fraction of sp³-hybridized carbons (Fsp3) is 0.526. The minimum absolute atomic E-state index is 0.0250. The monoisotopic (exact) mass is 329 g/mol. The van der Waals surface area contributed by atoms with Gasteiger partial charge in [0, 0.05) is 24.4 Å². The van der Waals surface area contributed by atoms with Crippen LogP contribution in [0.1, 0.15) is 64.3 Å². The molecule has 1 aromatic carbocycles. The van der Waals surface area contributed by atoms with E-state index in [-0.39, 0.29) is 11.9 Å². The Morgan fingerprint density at radius 1 is 1.21 bits per heavy atom. The molecule has 24 heavy (non-hydrogen) atoms. The van der Waals surface area contributed by atoms with Gasteiger partial charge in [0.2, 0.25) is 17.6 Å². The molecule has 2 rings (SSSR count). The van der Waals surface area contributed by atoms with Crippen molar-refractivity contribution in [3.8, 4) is 11.4 Å². The molecule has 1 aromatic heterocycles. The predicted molar refractivity (Wildman–Crippen MR) is 94.7 cm³/mol. The molecule has 5 heteroatoms. The number of aryl methyl sites for hydroxylation is 1. The lowest BCUT2D eigenvalue weighted by Crippen LogP contribution is -2.32. The zero-order valence-electron chi connectivity index (χ0n) is 15.0. The molecule has 1 heterocycles. The molecule has 0 aliphatic carbocycles. The van der Waals surface area contributed by atoms with Crippen molar-refractivity contribution in [2.75, 3.05) is 0 Å². The van der Waals surface area contributed by atoms with Gasteiger partial charge in [-0.3, -0.25) is 4.79 Å². The summed E-state index contributed by atoms with van der Waals surface area (Å²) in [5, 5.41) is 6.99. The summed E-state index contributed by atoms with van der Waals surface area (Å²) in [6, 6.07) is 8.38. The van der Waals surface area contributed by atoms with Crippen LogP contribution >= 0.6 is 0 Å². The van der Waals surface area contributed by atoms with Crippen LogP contribution in [0.25, 0.3) is 11.4 Å². The lowest BCUT2D eigenvalue weighted by Gasteiger charge is -2.11. The van der Waals surface area contributed by atoms with Crippen LogP contribution in [0.4, 0.5) is 0 Å². The average Bonchev–Trinajstić information content (AvgIpc) is 3.02. The van der Waals surface area contributed by atoms with Crippen LogP contribution in [-0.4, -0.2) is 22.1 Å². The third-order valence-electron chi connectivity index (χ3n) is 4.00. The van der Waals surface area contributed by atoms with Gasteiger partial charge in [-0.05, 0) is 24.8 Å². The van der Waals surface area contributed by atoms with E-state index in [0.717, 1.165) is 18.4 Å². The number of carbonyl (C=O) groups excluding carboxylic acids is 1. The second-order valence-corrected chi connectivity index (χ2v) is 6.55. The summed E-state index contributed by atoms with van der Waals surface area (Å²) in [6.45, 7) is 8.45. The van der Waals surface area contributed by atoms with Gasteiger partial charge in [0.25, 0.3) is 0 Å². The lowest BCUT2D eigenvalue weighted by atomic mass is 10.0. The summed E-state index contributed by atoms with van der Waals surface area (Å²) in [7, 11) is 0. The van der Waals surface area contributed by atoms with Crippen LogP contribution in [0.3, 0.4) is 0 Å². The molecule has 0 saturated heterocycles. The summed E-state index contributed by atoms with van der Waals surface area (Å²) >= 11 is 0. The van der Waals surface area contributed by atoms with Crippen molar-refractivity contribution < 1.29 is 9.32 Å². The van der Waals surface area contributed by atoms with Gasteiger partial charge in [0.15, 0.2) is 0 Å². The molecule has 1 atom stereocenters. The van der Waals surface area contributed by atoms with E-state index in [9.17, 15) is 4.79 Å². The summed E-state index contributed by atoms with van der Waals surface area (Å²) < 4.78 is 5.26. The van der Waals surface area contributed by atoms with Gasteiger partial charge in [0.05, 0.1) is 0 Å². The molecule has 0 radical (unpaired) electrons. The van der Waals surface area contributed by atoms with Crippen molar-refractivity contribution in [3.63, 3.8) is 0 Å². The summed E-state index contributed by atoms with van der Waals surface area (Å²) in [5.74, 6) is 1.58. The maximum atomic E-state index is 11.9. The van der Waals surface area contributed by atoms with E-state index in [1.807, 2.05) is 19.1 Å². The average molecular weight is 329 g/mol. The number of hydrogen-bond donors (Lipinski definition) is 1. The molecule has 0 saturated carbocycles. The molecular formula is C19H27N3O2. The number of hydrogen-bond acceptors (Lipinski definition) is 4. The number of aromatic nitrogens is 2. The lowest BCUT2D eigenvalue weighted by molar-refractivity contribution is -0.121. The SMILES string of the molecule is CCC[C@@H](C)NC(=O)CCc1nc(-c2ccc(C(C)C)cc2)no1. The third kappa shape index (κ3) is 5.18. The smallest absolute Gasteiger partial charge is 0.227 e. The zero-order valence-corrected chi connectivity index (χ0v) is 15.0. The van der Waals surface area contributed by atoms with Crippen molar-refractivity contribution in [2.24, 2.45) is 0 Å². The molecule has 0 aliphatic heterocycles. The highest BCUT2D eigenvalue weighted by Gasteiger charge is 2.12. The molecule has 0 spiro atoms. The maximum Gasteiger partial charge on any atom is 0.227 e. The summed E-state index contributed by atoms with van der Waals surface area (Å²) in [6.07, 6.45) is 2.87. The number of rotatable bonds is 8. The number of benzene rings is 1. The van der Waals surface area contributed by atoms with E-state index in [1.54, 1.807) is 0 Å². The Kier molecular flexibility index (Phi) is 6.53. The van der Waals surface area contributed by atoms with Crippen LogP contribution in [0.15, 0.2) is 28.8 Å². The molecule has 0 unspecified atom stereocenters. The minimum Gasteiger partial charge on any atom is -0.354 e. The quantitative estimate of drug-likeness (QED) is 0.792. The Balaban J connectivity index is 1.90. The van der Waals surface area contributed by atoms with E-state index < -0.39 is 0 Å². The molecule has 0 fully saturated rings. The van der Waals surface area contributed by atoms with Crippen molar-refractivity contribution in [2.45, 2.75) is 65.3 Å². The van der Waals surface area contributed by atoms with Gasteiger partial charge in [-0.1, -0.05) is 56.6 Å². The second kappa shape index (κ2) is 8.62. The first kappa shape index (κ1) is 18.2. The van der Waals surface area contributed by atoms with Crippen LogP contribution < -0.4 is 5.32 Å². The summed E-state index contributed by atoms with van der Waals surface area (Å²) in [5.41, 5.74) is 2.20. The van der Waals surface area contributed by atoms with Gasteiger partial charge in [-0.15, -0.1) is 0 Å². The van der Waals surface area contributed by atoms with E-state index in [4.69, 9.17) is 4.52 Å². The molecule has 5 nitrogen and oxygen atoms in total. The predicted octanol–water partition coefficient (Wildman–Crippen LogP) is 4.10. The highest BCUT2D eigenvalue weighted by molar-refractivity contribution is 5.76. The Labute approximate surface area is 143 Å². The Bertz CT molecular complexity index is 647. The van der Waals surface area contributed by atoms with Crippen molar-refractivity contribution in [1.82, 2.24) is 15.5 Å². The van der Waals surface area contributed by atoms with E-state index in [0.29, 0.717) is 30.5 Å². The number of nitrogens with zero attached hydrogens (tertiary/aromatic N) is 2. The number of carbonyl (C=O) groups is 1. The maximum absolute atomic E-state index is 11.9. The third-order valence-corrected chi connectivity index (χ3v) is 4.00. The van der Waals surface area contributed by atoms with Gasteiger partial charge >= 0.3 is 0 Å². The topological polar surface area (TPSA) is 68.0 Å². The first-order chi connectivity index (χ1) is 11.5. The Morgan fingerprint density at radius 2 is 1.92 bits per heavy atom. The summed E-state index contributed by atoms with van der Waals surface area (Å²) in [4.78, 5) is 16.3. The highest BCUT2D eigenvalue weighted by atomic mass is 16.5. The number of amides is 1. The van der Waals surface area contributed by atoms with Gasteiger partial charge in [-0.25, -0.2) is 0 Å². The van der Waals surface area contributed by atoms with Crippen LogP contribution in [-0.2, 0) is 11.2 Å². The van der Waals surface area contributed by atoms with Crippen LogP contribution in [0.2, 0.25) is 0 Å². The molecule has 130 valence electrons. The molecular weight excluding hydrogens is 302 g/mol. The fourth-order valence-corrected chi connectivity index (χ4v) is 2.56. The minimum atomic E-state index is 0.0250. The molecule has 1 amide bonds. The van der Waals surface area contributed by atoms with E-state index in [2.05, 4.69) is 48.4 Å². The van der Waals surface area contributed by atoms with Crippen LogP contribution in [0, 0.1) is 0 Å². The normalized spacial score (nSPS) is 12.4. The fourth-order valence-electron chi connectivity index (χ4n) is 2.56. The Hall–Kier alpha value is -2.17. The second-order valence-electron chi connectivity index (χ2n) is 6.55. The molecule has 0 bridgehead atoms. The first-order valence-electron chi connectivity index (χ1n) is 8.71. The van der Waals surface area contributed by atoms with E-state index in [1.165, 1.54) is 5.56 Å². The number of nitrogens with one attached hydrogen (secondary N) is 1. The van der Waals surface area contributed by atoms with Crippen molar-refractivity contribution >= 4 is 5.91 Å². The van der Waals surface area contributed by atoms with Crippen molar-refractivity contribution in [3.05, 3.63) is 35.7 Å². The Morgan fingerprint density at radius 3 is 2.54 bits per heavy atom. The molecule has 0 aliphatic rings. The van der Waals surface area contributed by atoms with Crippen molar-refractivity contribution in [1.29, 1.82) is 0 Å². The standard InChI is InChI=1S/C19H27N3O2/c1-5-6-14(4)20-17(23)11-12-18-21-19(22-24-18)16-9-7-15(8-10-16)13(2)3/h7-10,13-14H,5-6,11-12H2,1-4H3,(H,20,23)/t14-/m1/s1. The van der Waals surface area contributed by atoms with Crippen LogP contribution in [0.5, 0.6) is 0 Å². The van der Waals surface area contributed by atoms with Gasteiger partial charge in [0.1, 0.15) is 0 Å². The van der Waals surface area contributed by atoms with E-state index >= 15 is 0 Å². The molecule has 1 N–H and O–H groups in total. The molecule has 2 aromatic rings. The van der Waals surface area contributed by atoms with Gasteiger partial charge < -0.3 is 9.84 Å². The van der Waals surface area contributed by atoms with Gasteiger partial charge in [-0.2, -0.15) is 4.98 Å². The highest BCUT2D eigenvalue weighted by Crippen LogP contribution is 2.20. The largest absolute Gasteiger partial charge is 0.354 e.